The number of rotatable bonds is 4. The van der Waals surface area contributed by atoms with Crippen LogP contribution in [0.25, 0.3) is 10.9 Å². The fraction of sp³-hybridized carbons (Fsp3) is 0.720. The van der Waals surface area contributed by atoms with Gasteiger partial charge in [-0.15, -0.1) is 0 Å². The van der Waals surface area contributed by atoms with Gasteiger partial charge in [0.1, 0.15) is 24.1 Å². The van der Waals surface area contributed by atoms with Gasteiger partial charge in [0.2, 0.25) is 0 Å². The van der Waals surface area contributed by atoms with Gasteiger partial charge in [0.25, 0.3) is 0 Å². The van der Waals surface area contributed by atoms with Crippen LogP contribution >= 0.6 is 11.6 Å². The van der Waals surface area contributed by atoms with E-state index in [-0.39, 0.29) is 34.2 Å². The molecule has 35 heavy (non-hydrogen) atoms. The minimum Gasteiger partial charge on any atom is -0.461 e. The molecule has 10 heteroatoms. The van der Waals surface area contributed by atoms with Crippen LogP contribution in [-0.4, -0.2) is 77.1 Å². The lowest BCUT2D eigenvalue weighted by atomic mass is 9.78. The van der Waals surface area contributed by atoms with Gasteiger partial charge in [0.05, 0.1) is 30.2 Å². The van der Waals surface area contributed by atoms with Gasteiger partial charge in [0, 0.05) is 25.2 Å². The van der Waals surface area contributed by atoms with Gasteiger partial charge in [-0.3, -0.25) is 4.90 Å². The molecule has 3 aliphatic carbocycles. The summed E-state index contributed by atoms with van der Waals surface area (Å²) < 4.78 is 41.7. The zero-order valence-corrected chi connectivity index (χ0v) is 20.2. The number of ether oxygens (including phenoxy) is 2. The number of halogens is 3. The van der Waals surface area contributed by atoms with Crippen LogP contribution in [0.1, 0.15) is 38.5 Å². The summed E-state index contributed by atoms with van der Waals surface area (Å²) in [6.45, 7) is 4.08. The molecule has 0 amide bonds. The highest BCUT2D eigenvalue weighted by atomic mass is 35.5. The summed E-state index contributed by atoms with van der Waals surface area (Å²) in [5.41, 5.74) is 0.874. The van der Waals surface area contributed by atoms with Crippen molar-refractivity contribution in [2.75, 3.05) is 44.4 Å². The van der Waals surface area contributed by atoms with Gasteiger partial charge >= 0.3 is 6.01 Å². The zero-order valence-electron chi connectivity index (χ0n) is 19.5. The highest BCUT2D eigenvalue weighted by molar-refractivity contribution is 6.30. The van der Waals surface area contributed by atoms with Crippen LogP contribution in [0.3, 0.4) is 0 Å². The molecule has 8 rings (SSSR count). The molecule has 2 aromatic heterocycles. The molecule has 6 aliphatic rings. The Morgan fingerprint density at radius 3 is 2.83 bits per heavy atom. The Bertz CT molecular complexity index is 1240. The topological polar surface area (TPSA) is 63.6 Å². The van der Waals surface area contributed by atoms with Crippen molar-refractivity contribution < 1.29 is 18.3 Å². The minimum atomic E-state index is -0.997. The molecule has 6 fully saturated rings. The first kappa shape index (κ1) is 21.3. The first-order valence-corrected chi connectivity index (χ1v) is 13.2. The third kappa shape index (κ3) is 2.92. The molecule has 186 valence electrons. The highest BCUT2D eigenvalue weighted by Crippen LogP contribution is 2.72. The molecule has 0 aromatic carbocycles. The summed E-state index contributed by atoms with van der Waals surface area (Å²) in [5.74, 6) is -0.461. The Morgan fingerprint density at radius 2 is 2.03 bits per heavy atom. The van der Waals surface area contributed by atoms with E-state index >= 15 is 4.39 Å². The maximum atomic E-state index is 15.1. The molecular weight excluding hydrogens is 476 g/mol. The van der Waals surface area contributed by atoms with E-state index in [1.807, 2.05) is 4.90 Å². The highest BCUT2D eigenvalue weighted by Gasteiger charge is 2.72. The van der Waals surface area contributed by atoms with Crippen LogP contribution in [0.2, 0.25) is 5.15 Å². The smallest absolute Gasteiger partial charge is 0.319 e. The van der Waals surface area contributed by atoms with Crippen molar-refractivity contribution in [3.8, 4) is 6.01 Å². The number of hydrogen-bond donors (Lipinski definition) is 0. The lowest BCUT2D eigenvalue weighted by Gasteiger charge is -2.37. The molecule has 3 saturated heterocycles. The van der Waals surface area contributed by atoms with Crippen molar-refractivity contribution in [3.63, 3.8) is 0 Å². The zero-order chi connectivity index (χ0) is 23.6. The Kier molecular flexibility index (Phi) is 4.21. The summed E-state index contributed by atoms with van der Waals surface area (Å²) >= 11 is 6.01. The monoisotopic (exact) mass is 503 g/mol. The standard InChI is InChI=1S/C25H28ClF2N5O2/c26-20-17(28)18-14(9-29-20)21(33-7-8-34-10-15-16(27)19(15)33)31-22(30-18)35-13-25-11-23(1-2-23)12-32(25)6-5-24(25)3-4-24/h9,15-16,19H,1-8,10-13H2/t15-,16-,19-,25+/m0/s1. The van der Waals surface area contributed by atoms with Crippen molar-refractivity contribution in [3.05, 3.63) is 17.2 Å². The number of anilines is 1. The molecule has 3 saturated carbocycles. The van der Waals surface area contributed by atoms with Gasteiger partial charge in [-0.05, 0) is 55.9 Å². The van der Waals surface area contributed by atoms with E-state index in [1.54, 1.807) is 0 Å². The van der Waals surface area contributed by atoms with Crippen LogP contribution in [0.5, 0.6) is 6.01 Å². The van der Waals surface area contributed by atoms with Crippen molar-refractivity contribution in [1.29, 1.82) is 0 Å². The normalized spacial score (nSPS) is 35.9. The molecular formula is C25H28ClF2N5O2. The fourth-order valence-electron chi connectivity index (χ4n) is 7.57. The molecule has 7 nitrogen and oxygen atoms in total. The van der Waals surface area contributed by atoms with Gasteiger partial charge in [-0.25, -0.2) is 13.8 Å². The Hall–Kier alpha value is -1.84. The summed E-state index contributed by atoms with van der Waals surface area (Å²) in [6.07, 6.45) is 7.97. The van der Waals surface area contributed by atoms with E-state index in [4.69, 9.17) is 26.1 Å². The maximum absolute atomic E-state index is 15.1. The second-order valence-corrected chi connectivity index (χ2v) is 12.1. The van der Waals surface area contributed by atoms with Crippen molar-refractivity contribution >= 4 is 28.3 Å². The molecule has 4 atom stereocenters. The van der Waals surface area contributed by atoms with Crippen LogP contribution in [0.15, 0.2) is 6.20 Å². The number of pyridine rings is 1. The maximum Gasteiger partial charge on any atom is 0.319 e. The largest absolute Gasteiger partial charge is 0.461 e. The quantitative estimate of drug-likeness (QED) is 0.588. The third-order valence-electron chi connectivity index (χ3n) is 9.95. The van der Waals surface area contributed by atoms with Crippen molar-refractivity contribution in [2.45, 2.75) is 56.3 Å². The van der Waals surface area contributed by atoms with Crippen molar-refractivity contribution in [1.82, 2.24) is 19.9 Å². The van der Waals surface area contributed by atoms with Crippen LogP contribution < -0.4 is 9.64 Å². The summed E-state index contributed by atoms with van der Waals surface area (Å²) in [6, 6.07) is -0.217. The first-order chi connectivity index (χ1) is 16.9. The summed E-state index contributed by atoms with van der Waals surface area (Å²) in [5, 5.41) is 0.167. The minimum absolute atomic E-state index is 0.0124. The second kappa shape index (κ2) is 6.92. The van der Waals surface area contributed by atoms with Gasteiger partial charge < -0.3 is 14.4 Å². The number of hydrogen-bond acceptors (Lipinski definition) is 7. The van der Waals surface area contributed by atoms with E-state index in [1.165, 1.54) is 44.7 Å². The third-order valence-corrected chi connectivity index (χ3v) is 10.2. The molecule has 2 aromatic rings. The van der Waals surface area contributed by atoms with E-state index in [2.05, 4.69) is 14.9 Å². The predicted molar refractivity (Wildman–Crippen MR) is 125 cm³/mol. The lowest BCUT2D eigenvalue weighted by Crippen LogP contribution is -2.49. The Morgan fingerprint density at radius 1 is 1.17 bits per heavy atom. The molecule has 0 unspecified atom stereocenters. The average molecular weight is 504 g/mol. The van der Waals surface area contributed by atoms with Crippen LogP contribution in [0.4, 0.5) is 14.6 Å². The fourth-order valence-corrected chi connectivity index (χ4v) is 7.71. The second-order valence-electron chi connectivity index (χ2n) is 11.8. The molecule has 3 aliphatic heterocycles. The summed E-state index contributed by atoms with van der Waals surface area (Å²) in [4.78, 5) is 17.7. The molecule has 5 heterocycles. The number of fused-ring (bicyclic) bond motifs is 4. The van der Waals surface area contributed by atoms with E-state index in [0.29, 0.717) is 48.4 Å². The molecule has 0 bridgehead atoms. The number of aromatic nitrogens is 3. The van der Waals surface area contributed by atoms with Crippen LogP contribution in [0, 0.1) is 22.6 Å². The van der Waals surface area contributed by atoms with E-state index in [9.17, 15) is 4.39 Å². The van der Waals surface area contributed by atoms with Gasteiger partial charge in [0.15, 0.2) is 11.0 Å². The number of nitrogens with zero attached hydrogens (tertiary/aromatic N) is 5. The first-order valence-electron chi connectivity index (χ1n) is 12.8. The average Bonchev–Trinajstić information content (AvgIpc) is 3.76. The lowest BCUT2D eigenvalue weighted by molar-refractivity contribution is 0.0640. The Balaban J connectivity index is 1.18. The van der Waals surface area contributed by atoms with Crippen molar-refractivity contribution in [2.24, 2.45) is 16.7 Å². The predicted octanol–water partition coefficient (Wildman–Crippen LogP) is 3.78. The molecule has 0 radical (unpaired) electrons. The summed E-state index contributed by atoms with van der Waals surface area (Å²) in [7, 11) is 0. The molecule has 2 spiro atoms. The van der Waals surface area contributed by atoms with Gasteiger partial charge in [-0.2, -0.15) is 9.97 Å². The number of alkyl halides is 1. The van der Waals surface area contributed by atoms with Crippen LogP contribution in [-0.2, 0) is 4.74 Å². The van der Waals surface area contributed by atoms with E-state index in [0.717, 1.165) is 13.1 Å². The Labute approximate surface area is 207 Å². The van der Waals surface area contributed by atoms with Gasteiger partial charge in [-0.1, -0.05) is 11.6 Å². The molecule has 0 N–H and O–H groups in total. The SMILES string of the molecule is Fc1c(Cl)ncc2c(N3CCOC[C@H]4[C@H](F)[C@H]43)nc(OC[C@@]34CC5(CC5)CN3CCC43CC3)nc12. The van der Waals surface area contributed by atoms with E-state index < -0.39 is 12.0 Å².